The van der Waals surface area contributed by atoms with Crippen LogP contribution in [0.4, 0.5) is 0 Å². The Balaban J connectivity index is 1.40. The average molecular weight is 371 g/mol. The lowest BCUT2D eigenvalue weighted by Gasteiger charge is -2.38. The summed E-state index contributed by atoms with van der Waals surface area (Å²) >= 11 is 1.57. The van der Waals surface area contributed by atoms with Gasteiger partial charge in [-0.2, -0.15) is 0 Å². The van der Waals surface area contributed by atoms with Gasteiger partial charge in [0.1, 0.15) is 5.01 Å². The summed E-state index contributed by atoms with van der Waals surface area (Å²) < 4.78 is 0. The molecular weight excluding hydrogens is 344 g/mol. The maximum absolute atomic E-state index is 13.0. The molecule has 138 valence electrons. The zero-order chi connectivity index (χ0) is 17.8. The highest BCUT2D eigenvalue weighted by Crippen LogP contribution is 2.24. The van der Waals surface area contributed by atoms with Gasteiger partial charge in [-0.1, -0.05) is 6.07 Å². The number of carbonyl (C=O) groups is 1. The first-order valence-corrected chi connectivity index (χ1v) is 10.6. The minimum absolute atomic E-state index is 0.228. The van der Waals surface area contributed by atoms with E-state index in [1.54, 1.807) is 17.5 Å². The molecule has 2 aromatic rings. The van der Waals surface area contributed by atoms with Crippen molar-refractivity contribution >= 4 is 17.2 Å². The van der Waals surface area contributed by atoms with E-state index in [-0.39, 0.29) is 5.91 Å². The fraction of sp³-hybridized carbons (Fsp3) is 0.550. The van der Waals surface area contributed by atoms with Gasteiger partial charge in [-0.25, -0.2) is 4.98 Å². The molecule has 4 rings (SSSR count). The number of likely N-dealkylation sites (tertiary alicyclic amines) is 2. The molecule has 5 nitrogen and oxygen atoms in total. The molecule has 0 spiro atoms. The molecule has 0 radical (unpaired) electrons. The van der Waals surface area contributed by atoms with Crippen LogP contribution in [0, 0.1) is 0 Å². The van der Waals surface area contributed by atoms with Crippen LogP contribution >= 0.6 is 11.3 Å². The van der Waals surface area contributed by atoms with Crippen LogP contribution in [0.2, 0.25) is 0 Å². The molecule has 2 saturated heterocycles. The first-order valence-electron chi connectivity index (χ1n) is 9.67. The second-order valence-electron chi connectivity index (χ2n) is 7.28. The summed E-state index contributed by atoms with van der Waals surface area (Å²) in [5.74, 6) is 0.228. The quantitative estimate of drug-likeness (QED) is 0.811. The third kappa shape index (κ3) is 4.13. The summed E-state index contributed by atoms with van der Waals surface area (Å²) in [6.45, 7) is 4.33. The topological polar surface area (TPSA) is 49.3 Å². The van der Waals surface area contributed by atoms with E-state index < -0.39 is 0 Å². The second kappa shape index (κ2) is 8.27. The van der Waals surface area contributed by atoms with E-state index in [1.165, 1.54) is 32.4 Å². The highest BCUT2D eigenvalue weighted by atomic mass is 32.1. The van der Waals surface area contributed by atoms with E-state index in [4.69, 9.17) is 0 Å². The lowest BCUT2D eigenvalue weighted by molar-refractivity contribution is -0.134. The summed E-state index contributed by atoms with van der Waals surface area (Å²) in [5.41, 5.74) is 1.74. The molecular formula is C20H26N4OS. The summed E-state index contributed by atoms with van der Waals surface area (Å²) in [6.07, 6.45) is 8.28. The molecule has 0 saturated carbocycles. The summed E-state index contributed by atoms with van der Waals surface area (Å²) in [6, 6.07) is 6.20. The van der Waals surface area contributed by atoms with Gasteiger partial charge >= 0.3 is 0 Å². The molecule has 6 heteroatoms. The standard InChI is InChI=1S/C20H26N4OS/c25-19(13-16-15-26-20(22-16)18-8-1-3-9-21-18)24-12-4-2-7-17(24)14-23-10-5-6-11-23/h1,3,8-9,15,17H,2,4-7,10-14H2. The number of piperidine rings is 1. The summed E-state index contributed by atoms with van der Waals surface area (Å²) in [4.78, 5) is 26.6. The van der Waals surface area contributed by atoms with E-state index in [2.05, 4.69) is 19.8 Å². The van der Waals surface area contributed by atoms with Crippen molar-refractivity contribution in [3.63, 3.8) is 0 Å². The van der Waals surface area contributed by atoms with Crippen LogP contribution in [0.5, 0.6) is 0 Å². The summed E-state index contributed by atoms with van der Waals surface area (Å²) in [7, 11) is 0. The fourth-order valence-corrected chi connectivity index (χ4v) is 4.83. The number of hydrogen-bond donors (Lipinski definition) is 0. The molecule has 0 aliphatic carbocycles. The van der Waals surface area contributed by atoms with Crippen molar-refractivity contribution < 1.29 is 4.79 Å². The van der Waals surface area contributed by atoms with Gasteiger partial charge in [-0.15, -0.1) is 11.3 Å². The number of aromatic nitrogens is 2. The van der Waals surface area contributed by atoms with E-state index in [9.17, 15) is 4.79 Å². The zero-order valence-corrected chi connectivity index (χ0v) is 16.0. The van der Waals surface area contributed by atoms with Gasteiger partial charge in [-0.3, -0.25) is 9.78 Å². The number of nitrogens with zero attached hydrogens (tertiary/aromatic N) is 4. The van der Waals surface area contributed by atoms with Crippen molar-refractivity contribution in [2.24, 2.45) is 0 Å². The first-order chi connectivity index (χ1) is 12.8. The Morgan fingerprint density at radius 2 is 2.00 bits per heavy atom. The highest BCUT2D eigenvalue weighted by molar-refractivity contribution is 7.13. The fourth-order valence-electron chi connectivity index (χ4n) is 4.03. The second-order valence-corrected chi connectivity index (χ2v) is 8.14. The van der Waals surface area contributed by atoms with Crippen LogP contribution in [-0.2, 0) is 11.2 Å². The van der Waals surface area contributed by atoms with E-state index in [0.29, 0.717) is 12.5 Å². The van der Waals surface area contributed by atoms with Crippen LogP contribution < -0.4 is 0 Å². The number of hydrogen-bond acceptors (Lipinski definition) is 5. The first kappa shape index (κ1) is 17.6. The van der Waals surface area contributed by atoms with Gasteiger partial charge in [0, 0.05) is 30.7 Å². The molecule has 1 atom stereocenters. The van der Waals surface area contributed by atoms with Gasteiger partial charge in [-0.05, 0) is 57.3 Å². The SMILES string of the molecule is O=C(Cc1csc(-c2ccccn2)n1)N1CCCCC1CN1CCCC1. The van der Waals surface area contributed by atoms with E-state index in [1.807, 2.05) is 23.6 Å². The molecule has 4 heterocycles. The Bertz CT molecular complexity index is 726. The van der Waals surface area contributed by atoms with Crippen LogP contribution in [0.25, 0.3) is 10.7 Å². The van der Waals surface area contributed by atoms with Crippen LogP contribution in [0.3, 0.4) is 0 Å². The maximum atomic E-state index is 13.0. The highest BCUT2D eigenvalue weighted by Gasteiger charge is 2.29. The Hall–Kier alpha value is -1.79. The lowest BCUT2D eigenvalue weighted by Crippen LogP contribution is -2.49. The predicted molar refractivity (Wildman–Crippen MR) is 104 cm³/mol. The number of pyridine rings is 1. The van der Waals surface area contributed by atoms with Crippen LogP contribution in [-0.4, -0.2) is 57.9 Å². The van der Waals surface area contributed by atoms with Gasteiger partial charge in [0.25, 0.3) is 0 Å². The monoisotopic (exact) mass is 370 g/mol. The number of carbonyl (C=O) groups excluding carboxylic acids is 1. The predicted octanol–water partition coefficient (Wildman–Crippen LogP) is 3.22. The third-order valence-corrected chi connectivity index (χ3v) is 6.30. The Morgan fingerprint density at radius 3 is 2.81 bits per heavy atom. The maximum Gasteiger partial charge on any atom is 0.228 e. The molecule has 26 heavy (non-hydrogen) atoms. The lowest BCUT2D eigenvalue weighted by atomic mass is 10.0. The van der Waals surface area contributed by atoms with Crippen molar-refractivity contribution in [3.05, 3.63) is 35.5 Å². The average Bonchev–Trinajstić information content (AvgIpc) is 3.35. The number of amides is 1. The van der Waals surface area contributed by atoms with Gasteiger partial charge < -0.3 is 9.80 Å². The van der Waals surface area contributed by atoms with Crippen molar-refractivity contribution in [1.82, 2.24) is 19.8 Å². The van der Waals surface area contributed by atoms with Crippen molar-refractivity contribution in [1.29, 1.82) is 0 Å². The number of rotatable bonds is 5. The largest absolute Gasteiger partial charge is 0.338 e. The molecule has 1 unspecified atom stereocenters. The van der Waals surface area contributed by atoms with Gasteiger partial charge in [0.2, 0.25) is 5.91 Å². The smallest absolute Gasteiger partial charge is 0.228 e. The minimum atomic E-state index is 0.228. The van der Waals surface area contributed by atoms with Crippen molar-refractivity contribution in [2.75, 3.05) is 26.2 Å². The Kier molecular flexibility index (Phi) is 5.60. The zero-order valence-electron chi connectivity index (χ0n) is 15.1. The normalized spacial score (nSPS) is 21.2. The van der Waals surface area contributed by atoms with E-state index in [0.717, 1.165) is 42.3 Å². The number of thiazole rings is 1. The Morgan fingerprint density at radius 1 is 1.15 bits per heavy atom. The molecule has 0 bridgehead atoms. The minimum Gasteiger partial charge on any atom is -0.338 e. The van der Waals surface area contributed by atoms with Gasteiger partial charge in [0.05, 0.1) is 17.8 Å². The summed E-state index contributed by atoms with van der Waals surface area (Å²) in [5, 5.41) is 2.89. The molecule has 0 aromatic carbocycles. The molecule has 0 N–H and O–H groups in total. The molecule has 2 fully saturated rings. The van der Waals surface area contributed by atoms with E-state index >= 15 is 0 Å². The molecule has 2 aliphatic rings. The molecule has 2 aromatic heterocycles. The van der Waals surface area contributed by atoms with Crippen LogP contribution in [0.15, 0.2) is 29.8 Å². The third-order valence-electron chi connectivity index (χ3n) is 5.38. The van der Waals surface area contributed by atoms with Crippen molar-refractivity contribution in [2.45, 2.75) is 44.6 Å². The molecule has 1 amide bonds. The Labute approximate surface area is 159 Å². The van der Waals surface area contributed by atoms with Crippen molar-refractivity contribution in [3.8, 4) is 10.7 Å². The van der Waals surface area contributed by atoms with Gasteiger partial charge in [0.15, 0.2) is 0 Å². The van der Waals surface area contributed by atoms with Crippen LogP contribution in [0.1, 0.15) is 37.8 Å². The molecule has 2 aliphatic heterocycles.